The Bertz CT molecular complexity index is 363. The van der Waals surface area contributed by atoms with Gasteiger partial charge in [0.1, 0.15) is 5.54 Å². The molecule has 1 fully saturated rings. The van der Waals surface area contributed by atoms with E-state index in [9.17, 15) is 14.4 Å². The van der Waals surface area contributed by atoms with E-state index >= 15 is 0 Å². The smallest absolute Gasteiger partial charge is 0.331 e. The van der Waals surface area contributed by atoms with Crippen LogP contribution in [0, 0.1) is 0 Å². The van der Waals surface area contributed by atoms with Gasteiger partial charge in [0.15, 0.2) is 0 Å². The van der Waals surface area contributed by atoms with Gasteiger partial charge in [-0.25, -0.2) is 4.79 Å². The van der Waals surface area contributed by atoms with Crippen molar-refractivity contribution in [3.63, 3.8) is 0 Å². The van der Waals surface area contributed by atoms with Crippen LogP contribution in [0.15, 0.2) is 0 Å². The Kier molecular flexibility index (Phi) is 5.29. The highest BCUT2D eigenvalue weighted by Crippen LogP contribution is 2.29. The largest absolute Gasteiger partial charge is 0.481 e. The van der Waals surface area contributed by atoms with Crippen LogP contribution in [-0.4, -0.2) is 41.6 Å². The molecular formula is C12H20N2O5. The molecule has 0 unspecified atom stereocenters. The number of carboxylic acids is 1. The number of carbonyl (C=O) groups excluding carboxylic acids is 2. The minimum atomic E-state index is -1.17. The Labute approximate surface area is 111 Å². The first-order valence-electron chi connectivity index (χ1n) is 6.29. The third-order valence-electron chi connectivity index (χ3n) is 3.38. The molecule has 1 atom stereocenters. The van der Waals surface area contributed by atoms with Gasteiger partial charge >= 0.3 is 11.9 Å². The summed E-state index contributed by atoms with van der Waals surface area (Å²) < 4.78 is 4.74. The van der Waals surface area contributed by atoms with Gasteiger partial charge in [-0.15, -0.1) is 0 Å². The van der Waals surface area contributed by atoms with E-state index < -0.39 is 35.8 Å². The zero-order chi connectivity index (χ0) is 14.5. The van der Waals surface area contributed by atoms with Gasteiger partial charge in [-0.1, -0.05) is 19.3 Å². The molecule has 0 aliphatic heterocycles. The van der Waals surface area contributed by atoms with Crippen LogP contribution in [0.4, 0.5) is 0 Å². The molecule has 1 aliphatic rings. The Morgan fingerprint density at radius 3 is 2.37 bits per heavy atom. The topological polar surface area (TPSA) is 119 Å². The Morgan fingerprint density at radius 1 is 1.32 bits per heavy atom. The molecule has 0 aromatic rings. The second-order valence-corrected chi connectivity index (χ2v) is 4.83. The fraction of sp³-hybridized carbons (Fsp3) is 0.750. The molecule has 19 heavy (non-hydrogen) atoms. The van der Waals surface area contributed by atoms with Crippen molar-refractivity contribution in [2.75, 3.05) is 7.11 Å². The summed E-state index contributed by atoms with van der Waals surface area (Å²) >= 11 is 0. The maximum absolute atomic E-state index is 11.9. The average Bonchev–Trinajstić information content (AvgIpc) is 2.37. The number of carbonyl (C=O) groups is 3. The van der Waals surface area contributed by atoms with Crippen molar-refractivity contribution in [3.05, 3.63) is 0 Å². The summed E-state index contributed by atoms with van der Waals surface area (Å²) in [5.74, 6) is -2.28. The van der Waals surface area contributed by atoms with E-state index in [0.717, 1.165) is 19.3 Å². The van der Waals surface area contributed by atoms with Crippen LogP contribution < -0.4 is 11.1 Å². The van der Waals surface area contributed by atoms with Crippen molar-refractivity contribution in [1.29, 1.82) is 0 Å². The van der Waals surface area contributed by atoms with Crippen LogP contribution in [0.3, 0.4) is 0 Å². The molecule has 0 saturated heterocycles. The summed E-state index contributed by atoms with van der Waals surface area (Å²) in [6, 6.07) is -1.17. The van der Waals surface area contributed by atoms with Crippen molar-refractivity contribution in [2.24, 2.45) is 5.73 Å². The number of nitrogens with one attached hydrogen (secondary N) is 1. The molecule has 1 rings (SSSR count). The summed E-state index contributed by atoms with van der Waals surface area (Å²) in [6.07, 6.45) is 3.13. The van der Waals surface area contributed by atoms with E-state index in [1.54, 1.807) is 0 Å². The minimum absolute atomic E-state index is 0.469. The highest BCUT2D eigenvalue weighted by Gasteiger charge is 2.42. The number of hydrogen-bond donors (Lipinski definition) is 3. The third kappa shape index (κ3) is 3.92. The van der Waals surface area contributed by atoms with Gasteiger partial charge in [0, 0.05) is 0 Å². The average molecular weight is 272 g/mol. The van der Waals surface area contributed by atoms with E-state index in [0.29, 0.717) is 12.8 Å². The van der Waals surface area contributed by atoms with Gasteiger partial charge in [0.05, 0.1) is 19.6 Å². The van der Waals surface area contributed by atoms with Crippen molar-refractivity contribution in [1.82, 2.24) is 5.32 Å². The number of amides is 1. The van der Waals surface area contributed by atoms with Gasteiger partial charge in [-0.05, 0) is 12.8 Å². The summed E-state index contributed by atoms with van der Waals surface area (Å²) in [7, 11) is 1.27. The SMILES string of the molecule is COC(=O)C1(NC(=O)[C@@H](N)CC(=O)O)CCCCC1. The maximum Gasteiger partial charge on any atom is 0.331 e. The van der Waals surface area contributed by atoms with E-state index in [1.165, 1.54) is 7.11 Å². The summed E-state index contributed by atoms with van der Waals surface area (Å²) in [4.78, 5) is 34.3. The molecule has 0 radical (unpaired) electrons. The highest BCUT2D eigenvalue weighted by molar-refractivity contribution is 5.92. The van der Waals surface area contributed by atoms with Crippen molar-refractivity contribution in [2.45, 2.75) is 50.1 Å². The lowest BCUT2D eigenvalue weighted by Crippen LogP contribution is -2.59. The van der Waals surface area contributed by atoms with E-state index in [2.05, 4.69) is 5.32 Å². The van der Waals surface area contributed by atoms with Crippen LogP contribution in [-0.2, 0) is 19.1 Å². The maximum atomic E-state index is 11.9. The number of methoxy groups -OCH3 is 1. The predicted molar refractivity (Wildman–Crippen MR) is 66.2 cm³/mol. The van der Waals surface area contributed by atoms with Gasteiger partial charge < -0.3 is 20.9 Å². The Hall–Kier alpha value is -1.63. The summed E-state index contributed by atoms with van der Waals surface area (Å²) in [6.45, 7) is 0. The predicted octanol–water partition coefficient (Wildman–Crippen LogP) is -0.220. The van der Waals surface area contributed by atoms with Gasteiger partial charge in [0.25, 0.3) is 0 Å². The molecule has 0 spiro atoms. The molecule has 0 bridgehead atoms. The quantitative estimate of drug-likeness (QED) is 0.595. The van der Waals surface area contributed by atoms with Crippen LogP contribution in [0.25, 0.3) is 0 Å². The van der Waals surface area contributed by atoms with Crippen molar-refractivity contribution >= 4 is 17.8 Å². The molecular weight excluding hydrogens is 252 g/mol. The number of hydrogen-bond acceptors (Lipinski definition) is 5. The molecule has 0 aromatic heterocycles. The number of esters is 1. The van der Waals surface area contributed by atoms with Gasteiger partial charge in [0.2, 0.25) is 5.91 Å². The second-order valence-electron chi connectivity index (χ2n) is 4.83. The zero-order valence-corrected chi connectivity index (χ0v) is 11.0. The van der Waals surface area contributed by atoms with Crippen molar-refractivity contribution < 1.29 is 24.2 Å². The van der Waals surface area contributed by atoms with Crippen molar-refractivity contribution in [3.8, 4) is 0 Å². The molecule has 108 valence electrons. The number of rotatable bonds is 5. The molecule has 1 amide bonds. The lowest BCUT2D eigenvalue weighted by Gasteiger charge is -2.35. The van der Waals surface area contributed by atoms with E-state index in [4.69, 9.17) is 15.6 Å². The first-order chi connectivity index (χ1) is 8.91. The molecule has 4 N–H and O–H groups in total. The zero-order valence-electron chi connectivity index (χ0n) is 11.0. The van der Waals surface area contributed by atoms with Gasteiger partial charge in [-0.2, -0.15) is 0 Å². The fourth-order valence-corrected chi connectivity index (χ4v) is 2.34. The minimum Gasteiger partial charge on any atom is -0.481 e. The van der Waals surface area contributed by atoms with Crippen LogP contribution in [0.2, 0.25) is 0 Å². The Balaban J connectivity index is 2.75. The van der Waals surface area contributed by atoms with E-state index in [-0.39, 0.29) is 0 Å². The summed E-state index contributed by atoms with van der Waals surface area (Å²) in [5, 5.41) is 11.2. The first kappa shape index (κ1) is 15.4. The number of ether oxygens (including phenoxy) is 1. The standard InChI is InChI=1S/C12H20N2O5/c1-19-11(18)12(5-3-2-4-6-12)14-10(17)8(13)7-9(15)16/h8H,2-7,13H2,1H3,(H,14,17)(H,15,16)/t8-/m0/s1. The fourth-order valence-electron chi connectivity index (χ4n) is 2.34. The second kappa shape index (κ2) is 6.51. The van der Waals surface area contributed by atoms with Gasteiger partial charge in [-0.3, -0.25) is 9.59 Å². The Morgan fingerprint density at radius 2 is 1.89 bits per heavy atom. The number of aliphatic carboxylic acids is 1. The molecule has 0 heterocycles. The molecule has 1 aliphatic carbocycles. The highest BCUT2D eigenvalue weighted by atomic mass is 16.5. The van der Waals surface area contributed by atoms with E-state index in [1.807, 2.05) is 0 Å². The number of nitrogens with two attached hydrogens (primary N) is 1. The molecule has 1 saturated carbocycles. The third-order valence-corrected chi connectivity index (χ3v) is 3.38. The molecule has 7 heteroatoms. The lowest BCUT2D eigenvalue weighted by molar-refractivity contribution is -0.153. The first-order valence-corrected chi connectivity index (χ1v) is 6.29. The van der Waals surface area contributed by atoms with Crippen LogP contribution in [0.1, 0.15) is 38.5 Å². The summed E-state index contributed by atoms with van der Waals surface area (Å²) in [5.41, 5.74) is 4.44. The normalized spacial score (nSPS) is 19.3. The van der Waals surface area contributed by atoms with Crippen LogP contribution in [0.5, 0.6) is 0 Å². The lowest BCUT2D eigenvalue weighted by atomic mass is 9.81. The molecule has 7 nitrogen and oxygen atoms in total. The monoisotopic (exact) mass is 272 g/mol. The molecule has 0 aromatic carbocycles. The van der Waals surface area contributed by atoms with Crippen LogP contribution >= 0.6 is 0 Å². The number of carboxylic acid groups (broad SMARTS) is 1.